The zero-order valence-corrected chi connectivity index (χ0v) is 15.7. The van der Waals surface area contributed by atoms with Crippen molar-refractivity contribution in [2.45, 2.75) is 19.4 Å². The average molecular weight is 390 g/mol. The zero-order valence-electron chi connectivity index (χ0n) is 15.7. The van der Waals surface area contributed by atoms with Crippen molar-refractivity contribution in [3.8, 4) is 0 Å². The summed E-state index contributed by atoms with van der Waals surface area (Å²) in [4.78, 5) is 27.9. The molecule has 2 aromatic carbocycles. The van der Waals surface area contributed by atoms with E-state index in [-0.39, 0.29) is 23.8 Å². The highest BCUT2D eigenvalue weighted by Gasteiger charge is 2.21. The molecule has 0 bridgehead atoms. The van der Waals surface area contributed by atoms with Gasteiger partial charge in [0, 0.05) is 18.7 Å². The number of halogens is 1. The fraction of sp³-hybridized carbons (Fsp3) is 0.227. The number of carbonyl (C=O) groups is 1. The predicted octanol–water partition coefficient (Wildman–Crippen LogP) is 3.07. The van der Waals surface area contributed by atoms with Crippen LogP contribution in [0.3, 0.4) is 0 Å². The second-order valence-corrected chi connectivity index (χ2v) is 7.35. The molecule has 1 fully saturated rings. The van der Waals surface area contributed by atoms with Gasteiger partial charge in [-0.05, 0) is 54.8 Å². The minimum atomic E-state index is -0.323. The van der Waals surface area contributed by atoms with Crippen molar-refractivity contribution in [2.75, 3.05) is 13.1 Å². The van der Waals surface area contributed by atoms with Crippen LogP contribution in [0.4, 0.5) is 4.39 Å². The Morgan fingerprint density at radius 1 is 0.966 bits per heavy atom. The van der Waals surface area contributed by atoms with E-state index in [2.05, 4.69) is 5.10 Å². The van der Waals surface area contributed by atoms with Gasteiger partial charge in [0.15, 0.2) is 0 Å². The molecule has 0 aliphatic carbocycles. The maximum Gasteiger partial charge on any atom is 0.277 e. The van der Waals surface area contributed by atoms with Crippen molar-refractivity contribution in [2.24, 2.45) is 0 Å². The molecular formula is C22H19FN4O2. The SMILES string of the molecule is O=C(c1ccc2c(c1)n(Cc1ccc(F)cc1)c(=O)c1ccnn12)N1CCCC1. The molecule has 1 aliphatic heterocycles. The molecule has 0 saturated carbocycles. The second-order valence-electron chi connectivity index (χ2n) is 7.35. The highest BCUT2D eigenvalue weighted by atomic mass is 19.1. The van der Waals surface area contributed by atoms with E-state index < -0.39 is 0 Å². The van der Waals surface area contributed by atoms with E-state index in [1.165, 1.54) is 12.1 Å². The first kappa shape index (κ1) is 17.6. The Morgan fingerprint density at radius 3 is 2.48 bits per heavy atom. The van der Waals surface area contributed by atoms with Gasteiger partial charge in [-0.1, -0.05) is 12.1 Å². The summed E-state index contributed by atoms with van der Waals surface area (Å²) in [5, 5.41) is 4.28. The van der Waals surface area contributed by atoms with Crippen molar-refractivity contribution in [1.29, 1.82) is 0 Å². The van der Waals surface area contributed by atoms with Crippen molar-refractivity contribution < 1.29 is 9.18 Å². The molecule has 0 unspecified atom stereocenters. The first-order valence-electron chi connectivity index (χ1n) is 9.66. The lowest BCUT2D eigenvalue weighted by molar-refractivity contribution is 0.0793. The number of benzene rings is 2. The molecule has 0 spiro atoms. The number of aromatic nitrogens is 3. The number of likely N-dealkylation sites (tertiary alicyclic amines) is 1. The molecule has 4 aromatic rings. The van der Waals surface area contributed by atoms with Crippen LogP contribution in [0.1, 0.15) is 28.8 Å². The summed E-state index contributed by atoms with van der Waals surface area (Å²) in [7, 11) is 0. The summed E-state index contributed by atoms with van der Waals surface area (Å²) >= 11 is 0. The van der Waals surface area contributed by atoms with Gasteiger partial charge in [-0.3, -0.25) is 9.59 Å². The van der Waals surface area contributed by atoms with Crippen LogP contribution >= 0.6 is 0 Å². The number of hydrogen-bond acceptors (Lipinski definition) is 3. The van der Waals surface area contributed by atoms with Gasteiger partial charge in [-0.15, -0.1) is 0 Å². The highest BCUT2D eigenvalue weighted by molar-refractivity contribution is 5.97. The fourth-order valence-electron chi connectivity index (χ4n) is 3.99. The number of hydrogen-bond donors (Lipinski definition) is 0. The first-order chi connectivity index (χ1) is 14.1. The monoisotopic (exact) mass is 390 g/mol. The standard InChI is InChI=1S/C22H19FN4O2/c23-17-6-3-15(4-7-17)14-26-20-13-16(21(28)25-11-1-2-12-25)5-8-18(20)27-19(22(26)29)9-10-24-27/h3-10,13H,1-2,11-12,14H2. The highest BCUT2D eigenvalue weighted by Crippen LogP contribution is 2.20. The lowest BCUT2D eigenvalue weighted by Gasteiger charge is -2.17. The summed E-state index contributed by atoms with van der Waals surface area (Å²) in [6, 6.07) is 13.1. The first-order valence-corrected chi connectivity index (χ1v) is 9.66. The number of rotatable bonds is 3. The largest absolute Gasteiger partial charge is 0.339 e. The Morgan fingerprint density at radius 2 is 1.72 bits per heavy atom. The molecule has 1 saturated heterocycles. The fourth-order valence-corrected chi connectivity index (χ4v) is 3.99. The molecule has 0 radical (unpaired) electrons. The third-order valence-electron chi connectivity index (χ3n) is 5.50. The molecule has 1 aliphatic rings. The molecule has 5 rings (SSSR count). The van der Waals surface area contributed by atoms with E-state index in [1.807, 2.05) is 11.0 Å². The number of fused-ring (bicyclic) bond motifs is 3. The minimum absolute atomic E-state index is 0.0225. The van der Waals surface area contributed by atoms with Crippen LogP contribution in [0.5, 0.6) is 0 Å². The van der Waals surface area contributed by atoms with Crippen LogP contribution < -0.4 is 5.56 Å². The quantitative estimate of drug-likeness (QED) is 0.540. The lowest BCUT2D eigenvalue weighted by atomic mass is 10.1. The molecular weight excluding hydrogens is 371 g/mol. The average Bonchev–Trinajstić information content (AvgIpc) is 3.44. The van der Waals surface area contributed by atoms with Gasteiger partial charge < -0.3 is 9.47 Å². The van der Waals surface area contributed by atoms with Gasteiger partial charge >= 0.3 is 0 Å². The maximum atomic E-state index is 13.3. The molecule has 0 N–H and O–H groups in total. The van der Waals surface area contributed by atoms with Crippen LogP contribution in [0.25, 0.3) is 16.6 Å². The summed E-state index contributed by atoms with van der Waals surface area (Å²) in [6.07, 6.45) is 3.62. The van der Waals surface area contributed by atoms with Gasteiger partial charge in [-0.25, -0.2) is 8.91 Å². The summed E-state index contributed by atoms with van der Waals surface area (Å²) in [5.41, 5.74) is 2.97. The molecule has 29 heavy (non-hydrogen) atoms. The summed E-state index contributed by atoms with van der Waals surface area (Å²) < 4.78 is 16.5. The molecule has 146 valence electrons. The Labute approximate surface area is 165 Å². The van der Waals surface area contributed by atoms with Crippen molar-refractivity contribution in [3.05, 3.63) is 82.0 Å². The molecule has 2 aromatic heterocycles. The molecule has 3 heterocycles. The Balaban J connectivity index is 1.70. The van der Waals surface area contributed by atoms with E-state index in [4.69, 9.17) is 0 Å². The molecule has 7 heteroatoms. The minimum Gasteiger partial charge on any atom is -0.339 e. The van der Waals surface area contributed by atoms with Crippen LogP contribution in [0.15, 0.2) is 59.5 Å². The van der Waals surface area contributed by atoms with Crippen molar-refractivity contribution in [1.82, 2.24) is 19.1 Å². The normalized spacial score (nSPS) is 14.2. The Kier molecular flexibility index (Phi) is 4.16. The zero-order chi connectivity index (χ0) is 20.0. The third kappa shape index (κ3) is 2.99. The van der Waals surface area contributed by atoms with Crippen LogP contribution in [0.2, 0.25) is 0 Å². The number of carbonyl (C=O) groups excluding carboxylic acids is 1. The third-order valence-corrected chi connectivity index (χ3v) is 5.50. The maximum absolute atomic E-state index is 13.3. The van der Waals surface area contributed by atoms with Gasteiger partial charge in [0.2, 0.25) is 0 Å². The molecule has 6 nitrogen and oxygen atoms in total. The Hall–Kier alpha value is -3.48. The van der Waals surface area contributed by atoms with Crippen molar-refractivity contribution >= 4 is 22.5 Å². The van der Waals surface area contributed by atoms with E-state index >= 15 is 0 Å². The molecule has 0 atom stereocenters. The van der Waals surface area contributed by atoms with Gasteiger partial charge in [0.25, 0.3) is 11.5 Å². The lowest BCUT2D eigenvalue weighted by Crippen LogP contribution is -2.28. The predicted molar refractivity (Wildman–Crippen MR) is 108 cm³/mol. The summed E-state index contributed by atoms with van der Waals surface area (Å²) in [5.74, 6) is -0.346. The smallest absolute Gasteiger partial charge is 0.277 e. The topological polar surface area (TPSA) is 59.6 Å². The number of nitrogens with zero attached hydrogens (tertiary/aromatic N) is 4. The van der Waals surface area contributed by atoms with E-state index in [0.717, 1.165) is 37.0 Å². The van der Waals surface area contributed by atoms with Crippen LogP contribution in [-0.4, -0.2) is 38.1 Å². The van der Waals surface area contributed by atoms with Gasteiger partial charge in [-0.2, -0.15) is 5.10 Å². The Bertz CT molecular complexity index is 1280. The van der Waals surface area contributed by atoms with E-state index in [0.29, 0.717) is 16.6 Å². The van der Waals surface area contributed by atoms with E-state index in [9.17, 15) is 14.0 Å². The van der Waals surface area contributed by atoms with Crippen LogP contribution in [0, 0.1) is 5.82 Å². The van der Waals surface area contributed by atoms with Crippen LogP contribution in [-0.2, 0) is 6.54 Å². The van der Waals surface area contributed by atoms with Gasteiger partial charge in [0.1, 0.15) is 11.3 Å². The second kappa shape index (κ2) is 6.84. The molecule has 1 amide bonds. The number of amides is 1. The van der Waals surface area contributed by atoms with Crippen molar-refractivity contribution in [3.63, 3.8) is 0 Å². The van der Waals surface area contributed by atoms with Gasteiger partial charge in [0.05, 0.1) is 23.8 Å². The summed E-state index contributed by atoms with van der Waals surface area (Å²) in [6.45, 7) is 1.80. The van der Waals surface area contributed by atoms with E-state index in [1.54, 1.807) is 45.6 Å².